The smallest absolute Gasteiger partial charge is 0.194 e. The van der Waals surface area contributed by atoms with E-state index in [0.29, 0.717) is 10.4 Å². The largest absolute Gasteiger partial charge is 0.507 e. The van der Waals surface area contributed by atoms with Gasteiger partial charge in [-0.25, -0.2) is 4.98 Å². The van der Waals surface area contributed by atoms with E-state index in [-0.39, 0.29) is 5.75 Å². The summed E-state index contributed by atoms with van der Waals surface area (Å²) in [5.74, 6) is 0.937. The maximum absolute atomic E-state index is 9.35. The molecular weight excluding hydrogens is 258 g/mol. The number of phenols is 1. The highest BCUT2D eigenvalue weighted by Gasteiger charge is 2.06. The lowest BCUT2D eigenvalue weighted by atomic mass is 10.2. The monoisotopic (exact) mass is 267 g/mol. The lowest BCUT2D eigenvalue weighted by Crippen LogP contribution is -1.81. The minimum Gasteiger partial charge on any atom is -0.507 e. The third kappa shape index (κ3) is 2.04. The average molecular weight is 268 g/mol. The van der Waals surface area contributed by atoms with Crippen LogP contribution >= 0.6 is 15.9 Å². The van der Waals surface area contributed by atoms with Gasteiger partial charge in [0.2, 0.25) is 0 Å². The Morgan fingerprint density at radius 1 is 1.47 bits per heavy atom. The molecule has 1 aromatic carbocycles. The number of aryl methyl sites for hydroxylation is 1. The molecule has 1 N–H and O–H groups in total. The van der Waals surface area contributed by atoms with Crippen LogP contribution in [0.3, 0.4) is 0 Å². The van der Waals surface area contributed by atoms with Crippen molar-refractivity contribution in [3.63, 3.8) is 0 Å². The maximum atomic E-state index is 9.35. The van der Waals surface area contributed by atoms with Gasteiger partial charge in [-0.05, 0) is 34.1 Å². The van der Waals surface area contributed by atoms with Crippen molar-refractivity contribution < 1.29 is 9.52 Å². The summed E-state index contributed by atoms with van der Waals surface area (Å²) in [7, 11) is 0. The van der Waals surface area contributed by atoms with E-state index in [0.717, 1.165) is 17.7 Å². The van der Waals surface area contributed by atoms with E-state index in [1.165, 1.54) is 0 Å². The summed E-state index contributed by atoms with van der Waals surface area (Å²) in [5, 5.41) is 9.35. The molecule has 0 aliphatic carbocycles. The van der Waals surface area contributed by atoms with Crippen LogP contribution in [-0.2, 0) is 6.42 Å². The van der Waals surface area contributed by atoms with Crippen LogP contribution in [-0.4, -0.2) is 10.1 Å². The molecule has 0 saturated heterocycles. The number of aromatic nitrogens is 1. The second-order valence-electron chi connectivity index (χ2n) is 3.15. The average Bonchev–Trinajstić information content (AvgIpc) is 2.70. The fourth-order valence-electron chi connectivity index (χ4n) is 1.27. The summed E-state index contributed by atoms with van der Waals surface area (Å²) < 4.78 is 5.90. The molecule has 0 unspecified atom stereocenters. The number of hydrogen-bond acceptors (Lipinski definition) is 3. The number of halogens is 1. The van der Waals surface area contributed by atoms with Gasteiger partial charge in [-0.1, -0.05) is 6.92 Å². The van der Waals surface area contributed by atoms with E-state index in [4.69, 9.17) is 4.42 Å². The van der Waals surface area contributed by atoms with E-state index < -0.39 is 0 Å². The molecule has 0 bridgehead atoms. The van der Waals surface area contributed by atoms with Crippen LogP contribution in [0.5, 0.6) is 5.75 Å². The first-order chi connectivity index (χ1) is 7.20. The molecule has 1 heterocycles. The lowest BCUT2D eigenvalue weighted by molar-refractivity contribution is 0.472. The molecule has 0 saturated carbocycles. The van der Waals surface area contributed by atoms with Gasteiger partial charge >= 0.3 is 0 Å². The first kappa shape index (κ1) is 10.2. The predicted molar refractivity (Wildman–Crippen MR) is 60.7 cm³/mol. The normalized spacial score (nSPS) is 10.5. The van der Waals surface area contributed by atoms with Crippen molar-refractivity contribution in [2.75, 3.05) is 0 Å². The Hall–Kier alpha value is -1.29. The Kier molecular flexibility index (Phi) is 2.77. The Bertz CT molecular complexity index is 479. The number of rotatable bonds is 2. The van der Waals surface area contributed by atoms with Crippen LogP contribution in [0, 0.1) is 0 Å². The molecule has 0 aliphatic heterocycles. The van der Waals surface area contributed by atoms with Crippen LogP contribution in [0.15, 0.2) is 33.4 Å². The Morgan fingerprint density at radius 3 is 2.87 bits per heavy atom. The predicted octanol–water partition coefficient (Wildman–Crippen LogP) is 3.37. The van der Waals surface area contributed by atoms with Gasteiger partial charge in [0.1, 0.15) is 17.7 Å². The van der Waals surface area contributed by atoms with Gasteiger partial charge in [-0.3, -0.25) is 0 Å². The molecule has 4 heteroatoms. The van der Waals surface area contributed by atoms with Crippen molar-refractivity contribution in [2.45, 2.75) is 13.3 Å². The van der Waals surface area contributed by atoms with Crippen molar-refractivity contribution in [2.24, 2.45) is 0 Å². The third-order valence-corrected chi connectivity index (χ3v) is 2.73. The molecule has 0 aliphatic rings. The third-order valence-electron chi connectivity index (χ3n) is 2.10. The molecule has 0 atom stereocenters. The van der Waals surface area contributed by atoms with Crippen molar-refractivity contribution >= 4 is 15.9 Å². The zero-order valence-corrected chi connectivity index (χ0v) is 9.78. The highest BCUT2D eigenvalue weighted by Crippen LogP contribution is 2.29. The topological polar surface area (TPSA) is 46.3 Å². The number of benzene rings is 1. The minimum atomic E-state index is 0.220. The first-order valence-corrected chi connectivity index (χ1v) is 5.43. The van der Waals surface area contributed by atoms with Gasteiger partial charge in [0.05, 0.1) is 4.47 Å². The van der Waals surface area contributed by atoms with Crippen molar-refractivity contribution in [3.8, 4) is 17.0 Å². The molecule has 78 valence electrons. The fourth-order valence-corrected chi connectivity index (χ4v) is 1.65. The molecule has 0 radical (unpaired) electrons. The Morgan fingerprint density at radius 2 is 2.27 bits per heavy atom. The summed E-state index contributed by atoms with van der Waals surface area (Å²) in [4.78, 5) is 4.30. The zero-order valence-electron chi connectivity index (χ0n) is 8.20. The summed E-state index contributed by atoms with van der Waals surface area (Å²) in [6.45, 7) is 1.99. The van der Waals surface area contributed by atoms with E-state index in [9.17, 15) is 5.11 Å². The van der Waals surface area contributed by atoms with Gasteiger partial charge in [-0.2, -0.15) is 0 Å². The van der Waals surface area contributed by atoms with Gasteiger partial charge in [0.15, 0.2) is 5.89 Å². The van der Waals surface area contributed by atoms with E-state index in [2.05, 4.69) is 20.9 Å². The highest BCUT2D eigenvalue weighted by atomic mass is 79.9. The second-order valence-corrected chi connectivity index (χ2v) is 4.00. The van der Waals surface area contributed by atoms with Crippen LogP contribution in [0.4, 0.5) is 0 Å². The van der Waals surface area contributed by atoms with Crippen LogP contribution < -0.4 is 0 Å². The summed E-state index contributed by atoms with van der Waals surface area (Å²) in [5.41, 5.74) is 1.70. The molecule has 0 fully saturated rings. The number of hydrogen-bond donors (Lipinski definition) is 1. The van der Waals surface area contributed by atoms with Crippen LogP contribution in [0.25, 0.3) is 11.3 Å². The quantitative estimate of drug-likeness (QED) is 0.908. The molecule has 0 spiro atoms. The summed E-state index contributed by atoms with van der Waals surface area (Å²) in [6, 6.07) is 5.24. The first-order valence-electron chi connectivity index (χ1n) is 4.64. The lowest BCUT2D eigenvalue weighted by Gasteiger charge is -1.99. The van der Waals surface area contributed by atoms with Crippen molar-refractivity contribution in [1.82, 2.24) is 4.98 Å². The van der Waals surface area contributed by atoms with Crippen LogP contribution in [0.1, 0.15) is 12.8 Å². The second kappa shape index (κ2) is 4.06. The molecule has 2 aromatic rings. The van der Waals surface area contributed by atoms with E-state index >= 15 is 0 Å². The molecule has 1 aromatic heterocycles. The highest BCUT2D eigenvalue weighted by molar-refractivity contribution is 9.10. The minimum absolute atomic E-state index is 0.220. The standard InChI is InChI=1S/C11H10BrNO2/c1-2-11-13-9(6-15-11)7-3-4-10(14)8(12)5-7/h3-6,14H,2H2,1H3. The zero-order chi connectivity index (χ0) is 10.8. The number of aromatic hydroxyl groups is 1. The summed E-state index contributed by atoms with van der Waals surface area (Å²) in [6.07, 6.45) is 2.40. The molecule has 2 rings (SSSR count). The molecule has 15 heavy (non-hydrogen) atoms. The fraction of sp³-hybridized carbons (Fsp3) is 0.182. The Labute approximate surface area is 95.9 Å². The van der Waals surface area contributed by atoms with Gasteiger partial charge in [-0.15, -0.1) is 0 Å². The van der Waals surface area contributed by atoms with E-state index in [1.807, 2.05) is 13.0 Å². The van der Waals surface area contributed by atoms with Gasteiger partial charge < -0.3 is 9.52 Å². The maximum Gasteiger partial charge on any atom is 0.194 e. The molecule has 3 nitrogen and oxygen atoms in total. The number of nitrogens with zero attached hydrogens (tertiary/aromatic N) is 1. The van der Waals surface area contributed by atoms with Crippen LogP contribution in [0.2, 0.25) is 0 Å². The SMILES string of the molecule is CCc1nc(-c2ccc(O)c(Br)c2)co1. The van der Waals surface area contributed by atoms with Gasteiger partial charge in [0.25, 0.3) is 0 Å². The number of oxazole rings is 1. The van der Waals surface area contributed by atoms with Crippen molar-refractivity contribution in [1.29, 1.82) is 0 Å². The van der Waals surface area contributed by atoms with Crippen molar-refractivity contribution in [3.05, 3.63) is 34.8 Å². The van der Waals surface area contributed by atoms with Gasteiger partial charge in [0, 0.05) is 12.0 Å². The summed E-state index contributed by atoms with van der Waals surface area (Å²) >= 11 is 3.26. The molecular formula is C11H10BrNO2. The van der Waals surface area contributed by atoms with E-state index in [1.54, 1.807) is 18.4 Å². The number of phenolic OH excluding ortho intramolecular Hbond substituents is 1. The molecule has 0 amide bonds. The Balaban J connectivity index is 2.40.